The minimum absolute atomic E-state index is 0.231. The summed E-state index contributed by atoms with van der Waals surface area (Å²) in [6.07, 6.45) is 0.606. The van der Waals surface area contributed by atoms with Crippen LogP contribution in [0.5, 0.6) is 5.75 Å². The first-order chi connectivity index (χ1) is 14.5. The normalized spacial score (nSPS) is 16.4. The van der Waals surface area contributed by atoms with Crippen molar-refractivity contribution in [1.82, 2.24) is 0 Å². The molecule has 2 aromatic rings. The summed E-state index contributed by atoms with van der Waals surface area (Å²) < 4.78 is 36.0. The van der Waals surface area contributed by atoms with Gasteiger partial charge in [-0.2, -0.15) is 0 Å². The van der Waals surface area contributed by atoms with Crippen LogP contribution in [-0.4, -0.2) is 45.8 Å². The maximum absolute atomic E-state index is 12.6. The molecular formula is C22H26N2O6S. The Morgan fingerprint density at radius 3 is 2.55 bits per heavy atom. The average Bonchev–Trinajstić information content (AvgIpc) is 3.03. The lowest BCUT2D eigenvalue weighted by atomic mass is 10.1. The molecule has 2 aromatic carbocycles. The highest BCUT2D eigenvalue weighted by molar-refractivity contribution is 7.92. The fraction of sp³-hybridized carbons (Fsp3) is 0.364. The molecule has 0 aromatic heterocycles. The van der Waals surface area contributed by atoms with E-state index in [1.165, 1.54) is 24.4 Å². The number of anilines is 2. The summed E-state index contributed by atoms with van der Waals surface area (Å²) in [5.74, 6) is -0.650. The molecule has 0 saturated carbocycles. The van der Waals surface area contributed by atoms with Crippen molar-refractivity contribution in [1.29, 1.82) is 0 Å². The van der Waals surface area contributed by atoms with Crippen molar-refractivity contribution < 1.29 is 27.5 Å². The number of fused-ring (bicyclic) bond motifs is 1. The average molecular weight is 447 g/mol. The van der Waals surface area contributed by atoms with E-state index in [9.17, 15) is 18.0 Å². The van der Waals surface area contributed by atoms with Gasteiger partial charge in [0.15, 0.2) is 6.10 Å². The molecule has 0 bridgehead atoms. The summed E-state index contributed by atoms with van der Waals surface area (Å²) >= 11 is 0. The van der Waals surface area contributed by atoms with E-state index >= 15 is 0 Å². The number of ether oxygens (including phenoxy) is 2. The monoisotopic (exact) mass is 446 g/mol. The first-order valence-electron chi connectivity index (χ1n) is 9.80. The van der Waals surface area contributed by atoms with Gasteiger partial charge in [0, 0.05) is 6.04 Å². The minimum atomic E-state index is -3.41. The summed E-state index contributed by atoms with van der Waals surface area (Å²) in [4.78, 5) is 25.1. The lowest BCUT2D eigenvalue weighted by Gasteiger charge is -2.22. The first kappa shape index (κ1) is 22.6. The van der Waals surface area contributed by atoms with Gasteiger partial charge in [-0.1, -0.05) is 6.07 Å². The summed E-state index contributed by atoms with van der Waals surface area (Å²) in [6.45, 7) is 5.18. The van der Waals surface area contributed by atoms with Gasteiger partial charge in [-0.3, -0.25) is 9.10 Å². The van der Waals surface area contributed by atoms with E-state index in [0.29, 0.717) is 23.5 Å². The highest BCUT2D eigenvalue weighted by Gasteiger charge is 2.33. The molecule has 1 N–H and O–H groups in total. The number of carbonyl (C=O) groups excluding carboxylic acids is 2. The molecule has 2 atom stereocenters. The predicted molar refractivity (Wildman–Crippen MR) is 118 cm³/mol. The zero-order valence-corrected chi connectivity index (χ0v) is 18.9. The Kier molecular flexibility index (Phi) is 6.26. The number of aryl methyl sites for hydroxylation is 1. The SMILES string of the molecule is COc1ccc(C)cc1NC(=O)C(C)OC(=O)c1ccc2c(c1)CC(C)N2S(C)(=O)=O. The smallest absolute Gasteiger partial charge is 0.338 e. The molecule has 0 radical (unpaired) electrons. The number of hydrogen-bond donors (Lipinski definition) is 1. The van der Waals surface area contributed by atoms with E-state index < -0.39 is 28.0 Å². The molecule has 1 amide bonds. The zero-order valence-electron chi connectivity index (χ0n) is 18.1. The molecule has 0 aliphatic carbocycles. The van der Waals surface area contributed by atoms with Crippen molar-refractivity contribution in [3.8, 4) is 5.75 Å². The molecule has 31 heavy (non-hydrogen) atoms. The van der Waals surface area contributed by atoms with Crippen molar-refractivity contribution in [2.75, 3.05) is 23.0 Å². The molecular weight excluding hydrogens is 420 g/mol. The highest BCUT2D eigenvalue weighted by Crippen LogP contribution is 2.35. The third-order valence-corrected chi connectivity index (χ3v) is 6.36. The fourth-order valence-electron chi connectivity index (χ4n) is 3.67. The third-order valence-electron chi connectivity index (χ3n) is 5.09. The van der Waals surface area contributed by atoms with E-state index in [2.05, 4.69) is 5.32 Å². The lowest BCUT2D eigenvalue weighted by molar-refractivity contribution is -0.123. The Hall–Kier alpha value is -3.07. The van der Waals surface area contributed by atoms with Gasteiger partial charge in [0.2, 0.25) is 10.0 Å². The largest absolute Gasteiger partial charge is 0.495 e. The summed E-state index contributed by atoms with van der Waals surface area (Å²) in [5.41, 5.74) is 2.99. The number of rotatable bonds is 6. The van der Waals surface area contributed by atoms with Crippen LogP contribution >= 0.6 is 0 Å². The summed E-state index contributed by atoms with van der Waals surface area (Å²) in [5, 5.41) is 2.71. The first-order valence-corrected chi connectivity index (χ1v) is 11.6. The van der Waals surface area contributed by atoms with E-state index in [1.807, 2.05) is 19.9 Å². The molecule has 0 saturated heterocycles. The van der Waals surface area contributed by atoms with Crippen LogP contribution in [0.2, 0.25) is 0 Å². The quantitative estimate of drug-likeness (QED) is 0.685. The number of methoxy groups -OCH3 is 1. The molecule has 166 valence electrons. The van der Waals surface area contributed by atoms with Crippen molar-refractivity contribution >= 4 is 33.3 Å². The van der Waals surface area contributed by atoms with E-state index in [0.717, 1.165) is 17.4 Å². The molecule has 3 rings (SSSR count). The van der Waals surface area contributed by atoms with Crippen molar-refractivity contribution in [3.05, 3.63) is 53.1 Å². The molecule has 8 nitrogen and oxygen atoms in total. The second kappa shape index (κ2) is 8.58. The molecule has 1 aliphatic rings. The summed E-state index contributed by atoms with van der Waals surface area (Å²) in [7, 11) is -1.91. The number of carbonyl (C=O) groups is 2. The zero-order chi connectivity index (χ0) is 22.9. The molecule has 1 heterocycles. The molecule has 0 fully saturated rings. The Morgan fingerprint density at radius 2 is 1.90 bits per heavy atom. The van der Waals surface area contributed by atoms with Gasteiger partial charge >= 0.3 is 5.97 Å². The minimum Gasteiger partial charge on any atom is -0.495 e. The Balaban J connectivity index is 1.72. The van der Waals surface area contributed by atoms with Crippen molar-refractivity contribution in [3.63, 3.8) is 0 Å². The van der Waals surface area contributed by atoms with Crippen molar-refractivity contribution in [2.24, 2.45) is 0 Å². The fourth-order valence-corrected chi connectivity index (χ4v) is 4.93. The van der Waals surface area contributed by atoms with Crippen LogP contribution in [0.4, 0.5) is 11.4 Å². The van der Waals surface area contributed by atoms with Crippen molar-refractivity contribution in [2.45, 2.75) is 39.3 Å². The highest BCUT2D eigenvalue weighted by atomic mass is 32.2. The molecule has 1 aliphatic heterocycles. The topological polar surface area (TPSA) is 102 Å². The van der Waals surface area contributed by atoms with Crippen LogP contribution < -0.4 is 14.4 Å². The van der Waals surface area contributed by atoms with Gasteiger partial charge in [-0.25, -0.2) is 13.2 Å². The van der Waals surface area contributed by atoms with Gasteiger partial charge in [0.1, 0.15) is 5.75 Å². The van der Waals surface area contributed by atoms with E-state index in [-0.39, 0.29) is 11.6 Å². The number of amides is 1. The Morgan fingerprint density at radius 1 is 1.19 bits per heavy atom. The maximum atomic E-state index is 12.6. The van der Waals surface area contributed by atoms with Crippen LogP contribution in [0.15, 0.2) is 36.4 Å². The van der Waals surface area contributed by atoms with Gasteiger partial charge < -0.3 is 14.8 Å². The van der Waals surface area contributed by atoms with E-state index in [4.69, 9.17) is 9.47 Å². The number of sulfonamides is 1. The number of nitrogens with zero attached hydrogens (tertiary/aromatic N) is 1. The maximum Gasteiger partial charge on any atom is 0.338 e. The van der Waals surface area contributed by atoms with Gasteiger partial charge in [0.25, 0.3) is 5.91 Å². The van der Waals surface area contributed by atoms with E-state index in [1.54, 1.807) is 24.3 Å². The third kappa shape index (κ3) is 4.82. The Bertz CT molecular complexity index is 1130. The number of esters is 1. The van der Waals surface area contributed by atoms with Crippen LogP contribution in [0.1, 0.15) is 35.3 Å². The predicted octanol–water partition coefficient (Wildman–Crippen LogP) is 2.90. The standard InChI is InChI=1S/C22H26N2O6S/c1-13-6-9-20(29-4)18(10-13)23-21(25)15(3)30-22(26)16-7-8-19-17(12-16)11-14(2)24(19)31(5,27)28/h6-10,12,14-15H,11H2,1-5H3,(H,23,25). The number of nitrogens with one attached hydrogen (secondary N) is 1. The second-order valence-electron chi connectivity index (χ2n) is 7.70. The van der Waals surface area contributed by atoms with Crippen LogP contribution in [-0.2, 0) is 26.0 Å². The lowest BCUT2D eigenvalue weighted by Crippen LogP contribution is -2.34. The second-order valence-corrected chi connectivity index (χ2v) is 9.56. The molecule has 2 unspecified atom stereocenters. The van der Waals surface area contributed by atoms with Crippen LogP contribution in [0, 0.1) is 6.92 Å². The van der Waals surface area contributed by atoms with Gasteiger partial charge in [0.05, 0.1) is 30.3 Å². The van der Waals surface area contributed by atoms with Gasteiger partial charge in [-0.05, 0) is 68.7 Å². The number of benzene rings is 2. The Labute approximate surface area is 182 Å². The van der Waals surface area contributed by atoms with Crippen LogP contribution in [0.25, 0.3) is 0 Å². The molecule has 0 spiro atoms. The molecule has 9 heteroatoms. The summed E-state index contributed by atoms with van der Waals surface area (Å²) in [6, 6.07) is 9.86. The van der Waals surface area contributed by atoms with Crippen LogP contribution in [0.3, 0.4) is 0 Å². The number of hydrogen-bond acceptors (Lipinski definition) is 6. The van der Waals surface area contributed by atoms with Gasteiger partial charge in [-0.15, -0.1) is 0 Å².